The molecule has 0 radical (unpaired) electrons. The lowest BCUT2D eigenvalue weighted by atomic mass is 10.3. The van der Waals surface area contributed by atoms with Crippen LogP contribution in [0.3, 0.4) is 0 Å². The Labute approximate surface area is 113 Å². The highest BCUT2D eigenvalue weighted by molar-refractivity contribution is 8.20. The molecule has 0 fully saturated rings. The second kappa shape index (κ2) is 7.60. The Kier molecular flexibility index (Phi) is 7.27. The van der Waals surface area contributed by atoms with Gasteiger partial charge in [0.2, 0.25) is 15.9 Å². The van der Waals surface area contributed by atoms with E-state index in [1.807, 2.05) is 6.92 Å². The van der Waals surface area contributed by atoms with Crippen LogP contribution in [0.25, 0.3) is 0 Å². The third-order valence-electron chi connectivity index (χ3n) is 1.83. The van der Waals surface area contributed by atoms with Gasteiger partial charge in [-0.25, -0.2) is 13.6 Å². The fourth-order valence-electron chi connectivity index (χ4n) is 0.991. The maximum Gasteiger partial charge on any atom is 0.244 e. The second-order valence-corrected chi connectivity index (χ2v) is 6.81. The van der Waals surface area contributed by atoms with Crippen molar-refractivity contribution < 1.29 is 13.2 Å². The molecule has 0 unspecified atom stereocenters. The molecule has 0 aliphatic carbocycles. The van der Waals surface area contributed by atoms with Crippen molar-refractivity contribution in [3.63, 3.8) is 0 Å². The van der Waals surface area contributed by atoms with Gasteiger partial charge in [0.1, 0.15) is 4.24 Å². The molecule has 0 aromatic rings. The minimum Gasteiger partial charge on any atom is -0.321 e. The molecule has 0 heterocycles. The first kappa shape index (κ1) is 17.2. The number of amides is 1. The van der Waals surface area contributed by atoms with Gasteiger partial charge in [-0.05, 0) is 25.8 Å². The van der Waals surface area contributed by atoms with E-state index in [1.54, 1.807) is 19.9 Å². The Bertz CT molecular complexity index is 461. The summed E-state index contributed by atoms with van der Waals surface area (Å²) in [5.41, 5.74) is 0.821. The average Bonchev–Trinajstić information content (AvgIpc) is 2.19. The predicted molar refractivity (Wildman–Crippen MR) is 75.9 cm³/mol. The minimum absolute atomic E-state index is 0.0642. The third kappa shape index (κ3) is 6.83. The minimum atomic E-state index is -3.76. The number of allylic oxidation sites excluding steroid dienone is 2. The lowest BCUT2D eigenvalue weighted by molar-refractivity contribution is -0.118. The molecule has 0 saturated heterocycles. The molecule has 0 aliphatic heterocycles. The van der Waals surface area contributed by atoms with Gasteiger partial charge in [-0.15, -0.1) is 0 Å². The van der Waals surface area contributed by atoms with Crippen molar-refractivity contribution in [1.29, 1.82) is 0 Å². The first-order valence-corrected chi connectivity index (χ1v) is 7.90. The number of hydrogen-bond acceptors (Lipinski definition) is 4. The van der Waals surface area contributed by atoms with Gasteiger partial charge < -0.3 is 5.32 Å². The molecular weight excluding hydrogens is 272 g/mol. The quantitative estimate of drug-likeness (QED) is 0.784. The van der Waals surface area contributed by atoms with E-state index in [4.69, 9.17) is 5.14 Å². The molecule has 18 heavy (non-hydrogen) atoms. The number of nitrogens with two attached hydrogens (primary N) is 1. The van der Waals surface area contributed by atoms with E-state index in [0.29, 0.717) is 11.4 Å². The Morgan fingerprint density at radius 1 is 1.33 bits per heavy atom. The molecule has 0 aromatic carbocycles. The van der Waals surface area contributed by atoms with Crippen LogP contribution < -0.4 is 10.5 Å². The van der Waals surface area contributed by atoms with Crippen LogP contribution in [0.15, 0.2) is 20.9 Å². The van der Waals surface area contributed by atoms with E-state index in [2.05, 4.69) is 5.32 Å². The van der Waals surface area contributed by atoms with E-state index in [9.17, 15) is 13.2 Å². The van der Waals surface area contributed by atoms with Crippen molar-refractivity contribution in [3.05, 3.63) is 20.9 Å². The van der Waals surface area contributed by atoms with Crippen molar-refractivity contribution in [1.82, 2.24) is 5.32 Å². The zero-order chi connectivity index (χ0) is 14.3. The Morgan fingerprint density at radius 3 is 2.22 bits per heavy atom. The predicted octanol–water partition coefficient (Wildman–Crippen LogP) is 2.04. The van der Waals surface area contributed by atoms with Gasteiger partial charge in [-0.3, -0.25) is 4.79 Å². The molecule has 1 amide bonds. The SMILES string of the molecule is CCC/C=C(\SC(NC(C)=O)=C(C)C)S(N)(=O)=O. The molecular formula is C11H20N2O3S2. The van der Waals surface area contributed by atoms with Gasteiger partial charge in [0.15, 0.2) is 0 Å². The molecule has 0 bridgehead atoms. The summed E-state index contributed by atoms with van der Waals surface area (Å²) >= 11 is 0.969. The maximum atomic E-state index is 11.4. The molecule has 0 aromatic heterocycles. The Morgan fingerprint density at radius 2 is 1.89 bits per heavy atom. The molecule has 0 spiro atoms. The molecule has 7 heteroatoms. The van der Waals surface area contributed by atoms with Gasteiger partial charge in [0.25, 0.3) is 0 Å². The van der Waals surface area contributed by atoms with Crippen LogP contribution in [-0.2, 0) is 14.8 Å². The Hall–Kier alpha value is -0.790. The summed E-state index contributed by atoms with van der Waals surface area (Å²) in [4.78, 5) is 11.0. The summed E-state index contributed by atoms with van der Waals surface area (Å²) in [6, 6.07) is 0. The smallest absolute Gasteiger partial charge is 0.244 e. The van der Waals surface area contributed by atoms with E-state index in [1.165, 1.54) is 6.92 Å². The monoisotopic (exact) mass is 292 g/mol. The van der Waals surface area contributed by atoms with Crippen LogP contribution >= 0.6 is 11.8 Å². The molecule has 5 nitrogen and oxygen atoms in total. The first-order valence-electron chi connectivity index (χ1n) is 5.54. The highest BCUT2D eigenvalue weighted by Crippen LogP contribution is 2.29. The standard InChI is InChI=1S/C11H20N2O3S2/c1-5-6-7-10(18(12,15)16)17-11(8(2)3)13-9(4)14/h7H,5-6H2,1-4H3,(H,13,14)(H2,12,15,16)/b10-7+. The molecule has 104 valence electrons. The molecule has 0 aliphatic rings. The number of nitrogens with one attached hydrogen (secondary N) is 1. The number of carbonyl (C=O) groups excluding carboxylic acids is 1. The topological polar surface area (TPSA) is 89.3 Å². The number of carbonyl (C=O) groups is 1. The van der Waals surface area contributed by atoms with Gasteiger partial charge in [-0.1, -0.05) is 31.2 Å². The first-order chi connectivity index (χ1) is 8.18. The summed E-state index contributed by atoms with van der Waals surface area (Å²) < 4.78 is 22.9. The van der Waals surface area contributed by atoms with Crippen molar-refractivity contribution in [2.75, 3.05) is 0 Å². The van der Waals surface area contributed by atoms with Crippen molar-refractivity contribution in [3.8, 4) is 0 Å². The van der Waals surface area contributed by atoms with E-state index >= 15 is 0 Å². The van der Waals surface area contributed by atoms with Crippen LogP contribution in [0.2, 0.25) is 0 Å². The lowest BCUT2D eigenvalue weighted by Crippen LogP contribution is -2.20. The number of sulfonamides is 1. The summed E-state index contributed by atoms with van der Waals surface area (Å²) in [5, 5.41) is 8.25. The average molecular weight is 292 g/mol. The van der Waals surface area contributed by atoms with Crippen LogP contribution in [0.1, 0.15) is 40.5 Å². The van der Waals surface area contributed by atoms with Crippen LogP contribution in [0, 0.1) is 0 Å². The van der Waals surface area contributed by atoms with Gasteiger partial charge >= 0.3 is 0 Å². The second-order valence-electron chi connectivity index (χ2n) is 3.97. The fraction of sp³-hybridized carbons (Fsp3) is 0.545. The van der Waals surface area contributed by atoms with Crippen LogP contribution in [0.5, 0.6) is 0 Å². The van der Waals surface area contributed by atoms with Crippen LogP contribution in [0.4, 0.5) is 0 Å². The van der Waals surface area contributed by atoms with Gasteiger partial charge in [-0.2, -0.15) is 0 Å². The number of thioether (sulfide) groups is 1. The summed E-state index contributed by atoms with van der Waals surface area (Å²) in [6.45, 7) is 6.89. The highest BCUT2D eigenvalue weighted by Gasteiger charge is 2.16. The van der Waals surface area contributed by atoms with Crippen LogP contribution in [-0.4, -0.2) is 14.3 Å². The number of unbranched alkanes of at least 4 members (excludes halogenated alkanes) is 1. The van der Waals surface area contributed by atoms with E-state index in [0.717, 1.165) is 23.8 Å². The third-order valence-corrected chi connectivity index (χ3v) is 4.58. The fourth-order valence-corrected chi connectivity index (χ4v) is 2.86. The summed E-state index contributed by atoms with van der Waals surface area (Å²) in [5.74, 6) is -0.247. The lowest BCUT2D eigenvalue weighted by Gasteiger charge is -2.11. The van der Waals surface area contributed by atoms with Crippen molar-refractivity contribution >= 4 is 27.7 Å². The van der Waals surface area contributed by atoms with E-state index < -0.39 is 10.0 Å². The van der Waals surface area contributed by atoms with E-state index in [-0.39, 0.29) is 10.1 Å². The van der Waals surface area contributed by atoms with Gasteiger partial charge in [0.05, 0.1) is 5.03 Å². The molecule has 0 saturated carbocycles. The summed E-state index contributed by atoms with van der Waals surface area (Å²) in [7, 11) is -3.76. The number of hydrogen-bond donors (Lipinski definition) is 2. The highest BCUT2D eigenvalue weighted by atomic mass is 32.3. The zero-order valence-electron chi connectivity index (χ0n) is 11.1. The van der Waals surface area contributed by atoms with Crippen molar-refractivity contribution in [2.24, 2.45) is 5.14 Å². The largest absolute Gasteiger partial charge is 0.321 e. The molecule has 0 rings (SSSR count). The maximum absolute atomic E-state index is 11.4. The summed E-state index contributed by atoms with van der Waals surface area (Å²) in [6.07, 6.45) is 3.02. The Balaban J connectivity index is 5.20. The normalized spacial score (nSPS) is 12.2. The number of primary sulfonamides is 1. The number of rotatable bonds is 6. The van der Waals surface area contributed by atoms with Gasteiger partial charge in [0, 0.05) is 6.92 Å². The van der Waals surface area contributed by atoms with Crippen molar-refractivity contribution in [2.45, 2.75) is 40.5 Å². The zero-order valence-corrected chi connectivity index (χ0v) is 12.7. The molecule has 3 N–H and O–H groups in total. The molecule has 0 atom stereocenters.